The maximum atomic E-state index is 4.17. The molecule has 0 aromatic carbocycles. The van der Waals surface area contributed by atoms with Crippen LogP contribution in [0.4, 0.5) is 0 Å². The third-order valence-corrected chi connectivity index (χ3v) is 1.51. The van der Waals surface area contributed by atoms with Crippen LogP contribution in [0.25, 0.3) is 0 Å². The summed E-state index contributed by atoms with van der Waals surface area (Å²) in [5.41, 5.74) is 1.25. The smallest absolute Gasteiger partial charge is 0.0575 e. The van der Waals surface area contributed by atoms with E-state index in [2.05, 4.69) is 24.1 Å². The van der Waals surface area contributed by atoms with Gasteiger partial charge in [0.25, 0.3) is 0 Å². The highest BCUT2D eigenvalue weighted by Gasteiger charge is 1.79. The van der Waals surface area contributed by atoms with Gasteiger partial charge in [-0.2, -0.15) is 0 Å². The summed E-state index contributed by atoms with van der Waals surface area (Å²) < 4.78 is 0. The van der Waals surface area contributed by atoms with Crippen LogP contribution in [0.1, 0.15) is 6.92 Å². The molecular weight excluding hydrogens is 146 g/mol. The lowest BCUT2D eigenvalue weighted by Gasteiger charge is -1.87. The fourth-order valence-corrected chi connectivity index (χ4v) is 0.836. The Morgan fingerprint density at radius 2 is 1.83 bits per heavy atom. The third kappa shape index (κ3) is 3.71. The van der Waals surface area contributed by atoms with E-state index in [0.29, 0.717) is 0 Å². The second-order valence-corrected chi connectivity index (χ2v) is 2.59. The summed E-state index contributed by atoms with van der Waals surface area (Å²) >= 11 is 0. The second kappa shape index (κ2) is 5.30. The van der Waals surface area contributed by atoms with Gasteiger partial charge in [-0.25, -0.2) is 0 Å². The molecule has 0 atom stereocenters. The van der Waals surface area contributed by atoms with Crippen LogP contribution in [0, 0.1) is 0 Å². The van der Waals surface area contributed by atoms with Crippen LogP contribution in [0.2, 0.25) is 0 Å². The average molecular weight is 159 g/mol. The van der Waals surface area contributed by atoms with Crippen molar-refractivity contribution in [2.24, 2.45) is 4.99 Å². The summed E-state index contributed by atoms with van der Waals surface area (Å²) in [5, 5.41) is 0. The molecule has 1 rings (SSSR count). The lowest BCUT2D eigenvalue weighted by atomic mass is 10.2. The summed E-state index contributed by atoms with van der Waals surface area (Å²) in [4.78, 5) is 4.17. The van der Waals surface area contributed by atoms with Gasteiger partial charge >= 0.3 is 0 Å². The van der Waals surface area contributed by atoms with E-state index in [9.17, 15) is 0 Å². The molecule has 0 radical (unpaired) electrons. The lowest BCUT2D eigenvalue weighted by Crippen LogP contribution is -1.75. The molecule has 0 saturated heterocycles. The number of hydrogen-bond acceptors (Lipinski definition) is 1. The topological polar surface area (TPSA) is 12.4 Å². The van der Waals surface area contributed by atoms with E-state index in [1.165, 1.54) is 5.57 Å². The fraction of sp³-hybridized carbons (Fsp3) is 0.182. The number of nitrogens with zero attached hydrogens (tertiary/aromatic N) is 1. The standard InChI is InChI=1S/C11H13N/c1-11-7-5-3-2-4-6-9-12-10-8-11/h2-9H,10H2,1H3/b3-2+,6-4-,7-5+,11-8-,12-9+. The van der Waals surface area contributed by atoms with E-state index in [4.69, 9.17) is 0 Å². The van der Waals surface area contributed by atoms with Crippen LogP contribution in [0.3, 0.4) is 0 Å². The highest BCUT2D eigenvalue weighted by molar-refractivity contribution is 5.71. The molecule has 1 heterocycles. The van der Waals surface area contributed by atoms with Gasteiger partial charge in [0.05, 0.1) is 6.54 Å². The fourth-order valence-electron chi connectivity index (χ4n) is 0.836. The van der Waals surface area contributed by atoms with Crippen molar-refractivity contribution in [3.8, 4) is 0 Å². The summed E-state index contributed by atoms with van der Waals surface area (Å²) in [5.74, 6) is 0. The Balaban J connectivity index is 2.72. The summed E-state index contributed by atoms with van der Waals surface area (Å²) in [6, 6.07) is 0. The van der Waals surface area contributed by atoms with Crippen LogP contribution >= 0.6 is 0 Å². The maximum Gasteiger partial charge on any atom is 0.0575 e. The Bertz CT molecular complexity index is 262. The molecule has 0 aliphatic carbocycles. The summed E-state index contributed by atoms with van der Waals surface area (Å²) in [7, 11) is 0. The minimum absolute atomic E-state index is 0.764. The Kier molecular flexibility index (Phi) is 3.86. The monoisotopic (exact) mass is 159 g/mol. The zero-order valence-electron chi connectivity index (χ0n) is 7.27. The molecule has 1 heteroatoms. The van der Waals surface area contributed by atoms with Gasteiger partial charge in [-0.3, -0.25) is 4.99 Å². The molecule has 0 amide bonds. The van der Waals surface area contributed by atoms with Crippen molar-refractivity contribution in [3.63, 3.8) is 0 Å². The van der Waals surface area contributed by atoms with Crippen LogP contribution in [0.15, 0.2) is 53.1 Å². The molecule has 0 N–H and O–H groups in total. The third-order valence-electron chi connectivity index (χ3n) is 1.51. The predicted octanol–water partition coefficient (Wildman–Crippen LogP) is 2.69. The lowest BCUT2D eigenvalue weighted by molar-refractivity contribution is 1.23. The van der Waals surface area contributed by atoms with Crippen LogP contribution in [-0.4, -0.2) is 12.8 Å². The van der Waals surface area contributed by atoms with Crippen LogP contribution in [0.5, 0.6) is 0 Å². The molecule has 0 spiro atoms. The quantitative estimate of drug-likeness (QED) is 0.515. The van der Waals surface area contributed by atoms with Crippen molar-refractivity contribution >= 4 is 6.21 Å². The number of rotatable bonds is 0. The molecule has 0 aromatic heterocycles. The van der Waals surface area contributed by atoms with E-state index in [1.807, 2.05) is 36.6 Å². The van der Waals surface area contributed by atoms with E-state index >= 15 is 0 Å². The normalized spacial score (nSPS) is 32.2. The van der Waals surface area contributed by atoms with Crippen molar-refractivity contribution in [1.82, 2.24) is 0 Å². The first-order valence-electron chi connectivity index (χ1n) is 4.06. The van der Waals surface area contributed by atoms with E-state index in [-0.39, 0.29) is 0 Å². The second-order valence-electron chi connectivity index (χ2n) is 2.59. The molecule has 1 aliphatic rings. The van der Waals surface area contributed by atoms with Crippen molar-refractivity contribution in [2.45, 2.75) is 6.92 Å². The van der Waals surface area contributed by atoms with Crippen molar-refractivity contribution in [2.75, 3.05) is 6.54 Å². The van der Waals surface area contributed by atoms with Gasteiger partial charge in [0.1, 0.15) is 0 Å². The number of hydrogen-bond donors (Lipinski definition) is 0. The van der Waals surface area contributed by atoms with Crippen molar-refractivity contribution in [1.29, 1.82) is 0 Å². The largest absolute Gasteiger partial charge is 0.289 e. The maximum absolute atomic E-state index is 4.17. The van der Waals surface area contributed by atoms with Crippen LogP contribution in [-0.2, 0) is 0 Å². The Morgan fingerprint density at radius 1 is 1.08 bits per heavy atom. The Morgan fingerprint density at radius 3 is 2.75 bits per heavy atom. The van der Waals surface area contributed by atoms with Gasteiger partial charge in [0, 0.05) is 6.21 Å². The SMILES string of the molecule is CC1=C/C/N=C/C=C\C=C\C=C\1. The van der Waals surface area contributed by atoms with Gasteiger partial charge in [0.15, 0.2) is 0 Å². The molecular formula is C11H13N. The van der Waals surface area contributed by atoms with E-state index < -0.39 is 0 Å². The van der Waals surface area contributed by atoms with Gasteiger partial charge in [-0.05, 0) is 13.0 Å². The molecule has 62 valence electrons. The van der Waals surface area contributed by atoms with Crippen molar-refractivity contribution < 1.29 is 0 Å². The molecule has 0 unspecified atom stereocenters. The molecule has 0 aromatic rings. The highest BCUT2D eigenvalue weighted by atomic mass is 14.7. The highest BCUT2D eigenvalue weighted by Crippen LogP contribution is 1.95. The Hall–Kier alpha value is -1.37. The van der Waals surface area contributed by atoms with Gasteiger partial charge in [-0.15, -0.1) is 0 Å². The summed E-state index contributed by atoms with van der Waals surface area (Å²) in [6.07, 6.45) is 15.9. The van der Waals surface area contributed by atoms with E-state index in [1.54, 1.807) is 0 Å². The minimum atomic E-state index is 0.764. The Labute approximate surface area is 73.5 Å². The summed E-state index contributed by atoms with van der Waals surface area (Å²) in [6.45, 7) is 2.84. The molecule has 0 bridgehead atoms. The number of aliphatic imine (C=N–C) groups is 1. The number of allylic oxidation sites excluding steroid dienone is 7. The first kappa shape index (κ1) is 8.72. The first-order chi connectivity index (χ1) is 5.89. The molecule has 1 nitrogen and oxygen atoms in total. The minimum Gasteiger partial charge on any atom is -0.289 e. The zero-order valence-corrected chi connectivity index (χ0v) is 7.27. The molecule has 0 saturated carbocycles. The van der Waals surface area contributed by atoms with Gasteiger partial charge < -0.3 is 0 Å². The van der Waals surface area contributed by atoms with Gasteiger partial charge in [-0.1, -0.05) is 42.0 Å². The average Bonchev–Trinajstić information content (AvgIpc) is 2.11. The van der Waals surface area contributed by atoms with Gasteiger partial charge in [0.2, 0.25) is 0 Å². The molecule has 12 heavy (non-hydrogen) atoms. The first-order valence-corrected chi connectivity index (χ1v) is 4.06. The zero-order chi connectivity index (χ0) is 8.65. The molecule has 1 aliphatic heterocycles. The van der Waals surface area contributed by atoms with E-state index in [0.717, 1.165) is 6.54 Å². The van der Waals surface area contributed by atoms with Crippen LogP contribution < -0.4 is 0 Å². The van der Waals surface area contributed by atoms with Crippen molar-refractivity contribution in [3.05, 3.63) is 48.1 Å². The predicted molar refractivity (Wildman–Crippen MR) is 54.5 cm³/mol. The molecule has 0 fully saturated rings.